The van der Waals surface area contributed by atoms with E-state index in [0.29, 0.717) is 5.92 Å². The molecule has 2 aromatic carbocycles. The maximum atomic E-state index is 5.42. The van der Waals surface area contributed by atoms with Gasteiger partial charge in [-0.05, 0) is 43.5 Å². The maximum absolute atomic E-state index is 5.42. The van der Waals surface area contributed by atoms with Gasteiger partial charge in [0.2, 0.25) is 0 Å². The van der Waals surface area contributed by atoms with E-state index in [4.69, 9.17) is 14.8 Å². The predicted molar refractivity (Wildman–Crippen MR) is 114 cm³/mol. The number of anilines is 1. The van der Waals surface area contributed by atoms with Crippen LogP contribution in [0.2, 0.25) is 0 Å². The molecule has 1 aliphatic rings. The molecule has 0 saturated carbocycles. The first-order valence-electron chi connectivity index (χ1n) is 10.2. The van der Waals surface area contributed by atoms with Crippen molar-refractivity contribution >= 4 is 5.69 Å². The SMILES string of the molecule is CCC(C)c1nc(-c2cccc(N3CCCC3)c2)n(-c2cccc(OC)c2)n1. The molecule has 4 rings (SSSR count). The zero-order valence-corrected chi connectivity index (χ0v) is 16.9. The lowest BCUT2D eigenvalue weighted by Gasteiger charge is -2.18. The van der Waals surface area contributed by atoms with Crippen molar-refractivity contribution in [3.63, 3.8) is 0 Å². The molecule has 1 saturated heterocycles. The number of ether oxygens (including phenoxy) is 1. The summed E-state index contributed by atoms with van der Waals surface area (Å²) in [5, 5.41) is 4.87. The van der Waals surface area contributed by atoms with Gasteiger partial charge >= 0.3 is 0 Å². The number of benzene rings is 2. The van der Waals surface area contributed by atoms with Gasteiger partial charge in [-0.25, -0.2) is 9.67 Å². The fourth-order valence-corrected chi connectivity index (χ4v) is 3.65. The van der Waals surface area contributed by atoms with Gasteiger partial charge in [0, 0.05) is 36.3 Å². The van der Waals surface area contributed by atoms with E-state index in [-0.39, 0.29) is 0 Å². The molecule has 5 heteroatoms. The highest BCUT2D eigenvalue weighted by molar-refractivity contribution is 5.65. The summed E-state index contributed by atoms with van der Waals surface area (Å²) in [5.41, 5.74) is 3.32. The molecule has 146 valence electrons. The second-order valence-corrected chi connectivity index (χ2v) is 7.46. The van der Waals surface area contributed by atoms with Crippen molar-refractivity contribution < 1.29 is 4.74 Å². The number of hydrogen-bond acceptors (Lipinski definition) is 4. The molecule has 1 aliphatic heterocycles. The lowest BCUT2D eigenvalue weighted by molar-refractivity contribution is 0.414. The average Bonchev–Trinajstić information content (AvgIpc) is 3.43. The van der Waals surface area contributed by atoms with E-state index in [1.807, 2.05) is 28.9 Å². The summed E-state index contributed by atoms with van der Waals surface area (Å²) in [6, 6.07) is 16.7. The maximum Gasteiger partial charge on any atom is 0.163 e. The molecule has 1 aromatic heterocycles. The first-order valence-corrected chi connectivity index (χ1v) is 10.2. The number of nitrogens with zero attached hydrogens (tertiary/aromatic N) is 4. The van der Waals surface area contributed by atoms with Crippen LogP contribution < -0.4 is 9.64 Å². The lowest BCUT2D eigenvalue weighted by atomic mass is 10.1. The fourth-order valence-electron chi connectivity index (χ4n) is 3.65. The Morgan fingerprint density at radius 2 is 1.79 bits per heavy atom. The fraction of sp³-hybridized carbons (Fsp3) is 0.391. The summed E-state index contributed by atoms with van der Waals surface area (Å²) < 4.78 is 7.37. The van der Waals surface area contributed by atoms with Crippen molar-refractivity contribution in [3.05, 3.63) is 54.4 Å². The third kappa shape index (κ3) is 3.61. The average molecular weight is 377 g/mol. The Morgan fingerprint density at radius 1 is 1.04 bits per heavy atom. The third-order valence-electron chi connectivity index (χ3n) is 5.55. The molecular formula is C23H28N4O. The van der Waals surface area contributed by atoms with Gasteiger partial charge in [-0.1, -0.05) is 32.0 Å². The van der Waals surface area contributed by atoms with Gasteiger partial charge in [0.15, 0.2) is 11.6 Å². The molecule has 3 aromatic rings. The van der Waals surface area contributed by atoms with Crippen LogP contribution in [-0.4, -0.2) is 35.0 Å². The zero-order valence-electron chi connectivity index (χ0n) is 16.9. The van der Waals surface area contributed by atoms with E-state index >= 15 is 0 Å². The number of hydrogen-bond donors (Lipinski definition) is 0. The van der Waals surface area contributed by atoms with Crippen LogP contribution >= 0.6 is 0 Å². The van der Waals surface area contributed by atoms with Crippen LogP contribution in [0.3, 0.4) is 0 Å². The minimum Gasteiger partial charge on any atom is -0.497 e. The quantitative estimate of drug-likeness (QED) is 0.603. The first-order chi connectivity index (χ1) is 13.7. The van der Waals surface area contributed by atoms with E-state index in [1.165, 1.54) is 18.5 Å². The van der Waals surface area contributed by atoms with Crippen LogP contribution in [0.1, 0.15) is 44.9 Å². The zero-order chi connectivity index (χ0) is 19.5. The normalized spacial score (nSPS) is 15.0. The summed E-state index contributed by atoms with van der Waals surface area (Å²) >= 11 is 0. The summed E-state index contributed by atoms with van der Waals surface area (Å²) in [6.45, 7) is 6.61. The van der Waals surface area contributed by atoms with Gasteiger partial charge in [-0.3, -0.25) is 0 Å². The van der Waals surface area contributed by atoms with E-state index in [1.54, 1.807) is 7.11 Å². The Morgan fingerprint density at radius 3 is 2.54 bits per heavy atom. The second kappa shape index (κ2) is 8.05. The molecule has 0 aliphatic carbocycles. The van der Waals surface area contributed by atoms with Crippen molar-refractivity contribution in [1.82, 2.24) is 14.8 Å². The molecule has 0 spiro atoms. The number of methoxy groups -OCH3 is 1. The number of aromatic nitrogens is 3. The largest absolute Gasteiger partial charge is 0.497 e. The molecule has 0 radical (unpaired) electrons. The summed E-state index contributed by atoms with van der Waals surface area (Å²) in [6.07, 6.45) is 3.54. The molecule has 5 nitrogen and oxygen atoms in total. The molecule has 1 atom stereocenters. The Hall–Kier alpha value is -2.82. The topological polar surface area (TPSA) is 43.2 Å². The van der Waals surface area contributed by atoms with E-state index < -0.39 is 0 Å². The van der Waals surface area contributed by atoms with Crippen molar-refractivity contribution in [3.8, 4) is 22.8 Å². The van der Waals surface area contributed by atoms with Crippen LogP contribution in [0, 0.1) is 0 Å². The molecule has 2 heterocycles. The Bertz CT molecular complexity index is 943. The molecule has 28 heavy (non-hydrogen) atoms. The molecule has 1 unspecified atom stereocenters. The van der Waals surface area contributed by atoms with Crippen molar-refractivity contribution in [2.45, 2.75) is 39.0 Å². The predicted octanol–water partition coefficient (Wildman–Crippen LogP) is 5.06. The highest BCUT2D eigenvalue weighted by atomic mass is 16.5. The summed E-state index contributed by atoms with van der Waals surface area (Å²) in [7, 11) is 1.69. The van der Waals surface area contributed by atoms with E-state index in [0.717, 1.165) is 48.2 Å². The Labute approximate surface area is 167 Å². The third-order valence-corrected chi connectivity index (χ3v) is 5.55. The van der Waals surface area contributed by atoms with Crippen LogP contribution in [-0.2, 0) is 0 Å². The summed E-state index contributed by atoms with van der Waals surface area (Å²) in [5.74, 6) is 2.89. The van der Waals surface area contributed by atoms with Crippen molar-refractivity contribution in [2.75, 3.05) is 25.1 Å². The van der Waals surface area contributed by atoms with Crippen molar-refractivity contribution in [2.24, 2.45) is 0 Å². The van der Waals surface area contributed by atoms with Crippen molar-refractivity contribution in [1.29, 1.82) is 0 Å². The lowest BCUT2D eigenvalue weighted by Crippen LogP contribution is -2.17. The minimum absolute atomic E-state index is 0.312. The standard InChI is InChI=1S/C23H28N4O/c1-4-17(2)22-24-23(27(25-22)20-11-8-12-21(16-20)28-3)18-9-7-10-19(15-18)26-13-5-6-14-26/h7-12,15-17H,4-6,13-14H2,1-3H3. The second-order valence-electron chi connectivity index (χ2n) is 7.46. The van der Waals surface area contributed by atoms with Gasteiger partial charge < -0.3 is 9.64 Å². The molecule has 0 bridgehead atoms. The van der Waals surface area contributed by atoms with Gasteiger partial charge in [-0.2, -0.15) is 5.10 Å². The first kappa shape index (κ1) is 18.5. The highest BCUT2D eigenvalue weighted by Gasteiger charge is 2.19. The molecule has 1 fully saturated rings. The van der Waals surface area contributed by atoms with Crippen LogP contribution in [0.5, 0.6) is 5.75 Å². The van der Waals surface area contributed by atoms with E-state index in [2.05, 4.69) is 43.0 Å². The molecule has 0 N–H and O–H groups in total. The Kier molecular flexibility index (Phi) is 5.33. The highest BCUT2D eigenvalue weighted by Crippen LogP contribution is 2.30. The van der Waals surface area contributed by atoms with Gasteiger partial charge in [0.1, 0.15) is 5.75 Å². The summed E-state index contributed by atoms with van der Waals surface area (Å²) in [4.78, 5) is 7.39. The molecule has 0 amide bonds. The van der Waals surface area contributed by atoms with Crippen LogP contribution in [0.4, 0.5) is 5.69 Å². The Balaban J connectivity index is 1.81. The number of rotatable bonds is 6. The van der Waals surface area contributed by atoms with Crippen LogP contribution in [0.25, 0.3) is 17.1 Å². The van der Waals surface area contributed by atoms with Gasteiger partial charge in [0.05, 0.1) is 12.8 Å². The smallest absolute Gasteiger partial charge is 0.163 e. The minimum atomic E-state index is 0.312. The monoisotopic (exact) mass is 376 g/mol. The van der Waals surface area contributed by atoms with Gasteiger partial charge in [-0.15, -0.1) is 0 Å². The van der Waals surface area contributed by atoms with Gasteiger partial charge in [0.25, 0.3) is 0 Å². The van der Waals surface area contributed by atoms with E-state index in [9.17, 15) is 0 Å². The van der Waals surface area contributed by atoms with Crippen LogP contribution in [0.15, 0.2) is 48.5 Å². The molecular weight excluding hydrogens is 348 g/mol.